The smallest absolute Gasteiger partial charge is 0.0788 e. The third-order valence-corrected chi connectivity index (χ3v) is 5.75. The molecule has 5 rings (SSSR count). The first-order valence-corrected chi connectivity index (χ1v) is 10.0. The summed E-state index contributed by atoms with van der Waals surface area (Å²) in [4.78, 5) is 5.14. The molecule has 3 aromatic carbocycles. The second kappa shape index (κ2) is 6.63. The van der Waals surface area contributed by atoms with Crippen LogP contribution in [0.25, 0.3) is 33.6 Å². The Hall–Kier alpha value is -2.42. The van der Waals surface area contributed by atoms with Gasteiger partial charge in [-0.1, -0.05) is 76.1 Å². The highest BCUT2D eigenvalue weighted by Gasteiger charge is 2.23. The van der Waals surface area contributed by atoms with Crippen molar-refractivity contribution in [1.29, 1.82) is 0 Å². The van der Waals surface area contributed by atoms with Crippen molar-refractivity contribution in [2.45, 2.75) is 6.42 Å². The maximum Gasteiger partial charge on any atom is 0.0788 e. The van der Waals surface area contributed by atoms with Crippen LogP contribution in [0.2, 0.25) is 5.02 Å². The van der Waals surface area contributed by atoms with Crippen LogP contribution in [-0.2, 0) is 6.42 Å². The second-order valence-electron chi connectivity index (χ2n) is 6.74. The van der Waals surface area contributed by atoms with Gasteiger partial charge in [-0.25, -0.2) is 4.98 Å². The fraction of sp³-hybridized carbons (Fsp3) is 0.0417. The molecule has 0 spiro atoms. The van der Waals surface area contributed by atoms with Crippen LogP contribution in [0.15, 0.2) is 83.3 Å². The SMILES string of the molecule is Clc1ccc(-c2cc3c(nc2-c2ccccc2)-c2ccc(Br)cc2C3)cc1. The van der Waals surface area contributed by atoms with E-state index < -0.39 is 0 Å². The van der Waals surface area contributed by atoms with E-state index in [1.165, 1.54) is 16.7 Å². The maximum atomic E-state index is 6.11. The number of rotatable bonds is 2. The van der Waals surface area contributed by atoms with Gasteiger partial charge >= 0.3 is 0 Å². The van der Waals surface area contributed by atoms with Crippen molar-refractivity contribution in [2.75, 3.05) is 0 Å². The average Bonchev–Trinajstić information content (AvgIpc) is 3.04. The summed E-state index contributed by atoms with van der Waals surface area (Å²) in [6.07, 6.45) is 0.909. The highest BCUT2D eigenvalue weighted by Crippen LogP contribution is 2.42. The van der Waals surface area contributed by atoms with Crippen LogP contribution in [0.3, 0.4) is 0 Å². The minimum absolute atomic E-state index is 0.742. The van der Waals surface area contributed by atoms with Gasteiger partial charge in [0.15, 0.2) is 0 Å². The summed E-state index contributed by atoms with van der Waals surface area (Å²) >= 11 is 9.69. The third kappa shape index (κ3) is 2.99. The Labute approximate surface area is 171 Å². The Balaban J connectivity index is 1.76. The largest absolute Gasteiger partial charge is 0.247 e. The summed E-state index contributed by atoms with van der Waals surface area (Å²) in [6, 6.07) is 27.1. The molecule has 0 aliphatic heterocycles. The molecule has 0 saturated carbocycles. The third-order valence-electron chi connectivity index (χ3n) is 5.01. The van der Waals surface area contributed by atoms with Gasteiger partial charge in [0.05, 0.1) is 11.4 Å². The monoisotopic (exact) mass is 431 g/mol. The molecule has 27 heavy (non-hydrogen) atoms. The molecular weight excluding hydrogens is 418 g/mol. The lowest BCUT2D eigenvalue weighted by Crippen LogP contribution is -1.94. The van der Waals surface area contributed by atoms with Gasteiger partial charge in [0.25, 0.3) is 0 Å². The van der Waals surface area contributed by atoms with Gasteiger partial charge in [-0.05, 0) is 47.0 Å². The van der Waals surface area contributed by atoms with Gasteiger partial charge in [-0.15, -0.1) is 0 Å². The molecule has 0 bridgehead atoms. The summed E-state index contributed by atoms with van der Waals surface area (Å²) in [7, 11) is 0. The van der Waals surface area contributed by atoms with Crippen LogP contribution in [0.5, 0.6) is 0 Å². The molecule has 0 amide bonds. The van der Waals surface area contributed by atoms with E-state index in [1.807, 2.05) is 18.2 Å². The fourth-order valence-corrected chi connectivity index (χ4v) is 4.27. The standard InChI is InChI=1S/C24H15BrClN/c25-19-8-11-21-17(13-19)12-18-14-22(15-6-9-20(26)10-7-15)23(27-24(18)21)16-4-2-1-3-5-16/h1-11,13-14H,12H2. The summed E-state index contributed by atoms with van der Waals surface area (Å²) < 4.78 is 1.11. The van der Waals surface area contributed by atoms with Gasteiger partial charge in [-0.3, -0.25) is 0 Å². The van der Waals surface area contributed by atoms with Crippen LogP contribution in [0.1, 0.15) is 11.1 Å². The molecular formula is C24H15BrClN. The van der Waals surface area contributed by atoms with E-state index in [1.54, 1.807) is 0 Å². The predicted molar refractivity (Wildman–Crippen MR) is 116 cm³/mol. The summed E-state index contributed by atoms with van der Waals surface area (Å²) in [6.45, 7) is 0. The molecule has 0 unspecified atom stereocenters. The maximum absolute atomic E-state index is 6.11. The molecule has 1 aliphatic rings. The quantitative estimate of drug-likeness (QED) is 0.283. The van der Waals surface area contributed by atoms with E-state index >= 15 is 0 Å². The van der Waals surface area contributed by atoms with E-state index in [-0.39, 0.29) is 0 Å². The number of halogens is 2. The van der Waals surface area contributed by atoms with Crippen molar-refractivity contribution in [3.63, 3.8) is 0 Å². The molecule has 1 heterocycles. The molecule has 0 N–H and O–H groups in total. The lowest BCUT2D eigenvalue weighted by molar-refractivity contribution is 1.23. The van der Waals surface area contributed by atoms with Gasteiger partial charge in [0.2, 0.25) is 0 Å². The zero-order valence-electron chi connectivity index (χ0n) is 14.4. The number of nitrogens with zero attached hydrogens (tertiary/aromatic N) is 1. The van der Waals surface area contributed by atoms with Crippen LogP contribution in [0, 0.1) is 0 Å². The topological polar surface area (TPSA) is 12.9 Å². The molecule has 4 aromatic rings. The summed E-state index contributed by atoms with van der Waals surface area (Å²) in [5.41, 5.74) is 9.31. The zero-order chi connectivity index (χ0) is 18.4. The first kappa shape index (κ1) is 16.7. The lowest BCUT2D eigenvalue weighted by atomic mass is 9.96. The molecule has 0 fully saturated rings. The first-order valence-electron chi connectivity index (χ1n) is 8.83. The summed E-state index contributed by atoms with van der Waals surface area (Å²) in [5.74, 6) is 0. The number of pyridine rings is 1. The Bertz CT molecular complexity index is 1150. The molecule has 1 nitrogen and oxygen atoms in total. The van der Waals surface area contributed by atoms with Crippen molar-refractivity contribution >= 4 is 27.5 Å². The Morgan fingerprint density at radius 3 is 2.26 bits per heavy atom. The van der Waals surface area contributed by atoms with E-state index in [4.69, 9.17) is 16.6 Å². The lowest BCUT2D eigenvalue weighted by Gasteiger charge is -2.13. The van der Waals surface area contributed by atoms with Gasteiger partial charge in [0.1, 0.15) is 0 Å². The van der Waals surface area contributed by atoms with Gasteiger partial charge in [0, 0.05) is 32.6 Å². The molecule has 1 aliphatic carbocycles. The number of aromatic nitrogens is 1. The minimum atomic E-state index is 0.742. The highest BCUT2D eigenvalue weighted by molar-refractivity contribution is 9.10. The fourth-order valence-electron chi connectivity index (χ4n) is 3.73. The van der Waals surface area contributed by atoms with E-state index in [0.29, 0.717) is 0 Å². The Morgan fingerprint density at radius 2 is 1.48 bits per heavy atom. The van der Waals surface area contributed by atoms with Crippen molar-refractivity contribution < 1.29 is 0 Å². The number of fused-ring (bicyclic) bond motifs is 3. The van der Waals surface area contributed by atoms with Crippen LogP contribution in [-0.4, -0.2) is 4.98 Å². The Kier molecular flexibility index (Phi) is 4.11. The normalized spacial score (nSPS) is 11.9. The number of hydrogen-bond acceptors (Lipinski definition) is 1. The zero-order valence-corrected chi connectivity index (χ0v) is 16.8. The van der Waals surface area contributed by atoms with Crippen LogP contribution in [0.4, 0.5) is 0 Å². The first-order chi connectivity index (χ1) is 13.2. The molecule has 1 aromatic heterocycles. The van der Waals surface area contributed by atoms with E-state index in [9.17, 15) is 0 Å². The average molecular weight is 433 g/mol. The van der Waals surface area contributed by atoms with Crippen molar-refractivity contribution in [2.24, 2.45) is 0 Å². The van der Waals surface area contributed by atoms with Crippen molar-refractivity contribution in [3.8, 4) is 33.6 Å². The number of benzene rings is 3. The molecule has 0 radical (unpaired) electrons. The van der Waals surface area contributed by atoms with Gasteiger partial charge in [-0.2, -0.15) is 0 Å². The van der Waals surface area contributed by atoms with Crippen LogP contribution < -0.4 is 0 Å². The Morgan fingerprint density at radius 1 is 0.704 bits per heavy atom. The van der Waals surface area contributed by atoms with E-state index in [0.717, 1.165) is 44.0 Å². The van der Waals surface area contributed by atoms with Crippen molar-refractivity contribution in [3.05, 3.63) is 99.5 Å². The van der Waals surface area contributed by atoms with Crippen LogP contribution >= 0.6 is 27.5 Å². The highest BCUT2D eigenvalue weighted by atomic mass is 79.9. The molecule has 0 saturated heterocycles. The molecule has 0 atom stereocenters. The summed E-state index contributed by atoms with van der Waals surface area (Å²) in [5, 5.41) is 0.742. The molecule has 130 valence electrons. The molecule has 3 heteroatoms. The van der Waals surface area contributed by atoms with E-state index in [2.05, 4.69) is 76.6 Å². The van der Waals surface area contributed by atoms with Crippen molar-refractivity contribution in [1.82, 2.24) is 4.98 Å². The second-order valence-corrected chi connectivity index (χ2v) is 8.10. The predicted octanol–water partition coefficient (Wildman–Crippen LogP) is 7.40. The van der Waals surface area contributed by atoms with Gasteiger partial charge < -0.3 is 0 Å². The minimum Gasteiger partial charge on any atom is -0.247 e. The number of hydrogen-bond donors (Lipinski definition) is 0.